The molecule has 0 aromatic carbocycles. The highest BCUT2D eigenvalue weighted by molar-refractivity contribution is 9.10. The number of nitrogens with zero attached hydrogens (tertiary/aromatic N) is 3. The van der Waals surface area contributed by atoms with E-state index in [9.17, 15) is 4.79 Å². The van der Waals surface area contributed by atoms with Crippen molar-refractivity contribution in [1.29, 1.82) is 0 Å². The van der Waals surface area contributed by atoms with Gasteiger partial charge in [-0.05, 0) is 15.9 Å². The fourth-order valence-electron chi connectivity index (χ4n) is 1.24. The van der Waals surface area contributed by atoms with E-state index in [0.717, 1.165) is 0 Å². The Labute approximate surface area is 94.2 Å². The van der Waals surface area contributed by atoms with Crippen molar-refractivity contribution in [2.75, 3.05) is 7.11 Å². The first kappa shape index (κ1) is 10.1. The first-order chi connectivity index (χ1) is 7.13. The second-order valence-electron chi connectivity index (χ2n) is 2.97. The van der Waals surface area contributed by atoms with Crippen LogP contribution >= 0.6 is 15.9 Å². The van der Waals surface area contributed by atoms with Crippen LogP contribution in [0.2, 0.25) is 0 Å². The lowest BCUT2D eigenvalue weighted by molar-refractivity contribution is 0.101. The Bertz CT molecular complexity index is 535. The molecule has 0 bridgehead atoms. The predicted molar refractivity (Wildman–Crippen MR) is 57.2 cm³/mol. The summed E-state index contributed by atoms with van der Waals surface area (Å²) in [5.41, 5.74) is 0.998. The molecule has 15 heavy (non-hydrogen) atoms. The highest BCUT2D eigenvalue weighted by atomic mass is 79.9. The van der Waals surface area contributed by atoms with Crippen molar-refractivity contribution in [2.24, 2.45) is 0 Å². The predicted octanol–water partition coefficient (Wildman–Crippen LogP) is 1.70. The number of fused-ring (bicyclic) bond motifs is 1. The Kier molecular flexibility index (Phi) is 2.44. The molecule has 78 valence electrons. The van der Waals surface area contributed by atoms with Gasteiger partial charge in [0.25, 0.3) is 0 Å². The Hall–Kier alpha value is -1.43. The van der Waals surface area contributed by atoms with E-state index in [0.29, 0.717) is 21.8 Å². The minimum absolute atomic E-state index is 0.0930. The summed E-state index contributed by atoms with van der Waals surface area (Å²) in [6.07, 6.45) is 3.22. The molecule has 2 heterocycles. The summed E-state index contributed by atoms with van der Waals surface area (Å²) in [6, 6.07) is 0. The average Bonchev–Trinajstić information content (AvgIpc) is 2.56. The number of imidazole rings is 1. The van der Waals surface area contributed by atoms with E-state index < -0.39 is 0 Å². The Balaban J connectivity index is 2.72. The summed E-state index contributed by atoms with van der Waals surface area (Å²) in [5, 5.41) is 0. The minimum atomic E-state index is -0.0930. The maximum atomic E-state index is 11.2. The van der Waals surface area contributed by atoms with Gasteiger partial charge < -0.3 is 4.74 Å². The van der Waals surface area contributed by atoms with Crippen molar-refractivity contribution in [3.63, 3.8) is 0 Å². The lowest BCUT2D eigenvalue weighted by Crippen LogP contribution is -1.93. The topological polar surface area (TPSA) is 56.5 Å². The summed E-state index contributed by atoms with van der Waals surface area (Å²) < 4.78 is 7.31. The van der Waals surface area contributed by atoms with E-state index in [-0.39, 0.29) is 5.78 Å². The Morgan fingerprint density at radius 1 is 1.60 bits per heavy atom. The van der Waals surface area contributed by atoms with Crippen LogP contribution < -0.4 is 4.74 Å². The molecule has 0 fully saturated rings. The van der Waals surface area contributed by atoms with Gasteiger partial charge in [0.15, 0.2) is 11.4 Å². The zero-order valence-corrected chi connectivity index (χ0v) is 9.78. The molecular weight excluding hydrogens is 262 g/mol. The third-order valence-corrected chi connectivity index (χ3v) is 2.73. The molecule has 6 heteroatoms. The molecule has 0 aliphatic heterocycles. The van der Waals surface area contributed by atoms with Gasteiger partial charge in [0.05, 0.1) is 19.5 Å². The van der Waals surface area contributed by atoms with Crippen molar-refractivity contribution < 1.29 is 9.53 Å². The quantitative estimate of drug-likeness (QED) is 0.779. The second kappa shape index (κ2) is 3.62. The van der Waals surface area contributed by atoms with Crippen LogP contribution in [0, 0.1) is 0 Å². The number of methoxy groups -OCH3 is 1. The van der Waals surface area contributed by atoms with Gasteiger partial charge in [0, 0.05) is 6.92 Å². The van der Waals surface area contributed by atoms with Crippen molar-refractivity contribution in [3.05, 3.63) is 22.7 Å². The number of ether oxygens (including phenoxy) is 1. The highest BCUT2D eigenvalue weighted by Crippen LogP contribution is 2.20. The van der Waals surface area contributed by atoms with E-state index in [1.165, 1.54) is 14.0 Å². The monoisotopic (exact) mass is 269 g/mol. The van der Waals surface area contributed by atoms with Gasteiger partial charge in [0.2, 0.25) is 5.88 Å². The number of aromatic nitrogens is 3. The third-order valence-electron chi connectivity index (χ3n) is 1.97. The smallest absolute Gasteiger partial charge is 0.230 e. The fraction of sp³-hybridized carbons (Fsp3) is 0.222. The highest BCUT2D eigenvalue weighted by Gasteiger charge is 2.13. The van der Waals surface area contributed by atoms with Crippen molar-refractivity contribution in [3.8, 4) is 5.88 Å². The summed E-state index contributed by atoms with van der Waals surface area (Å²) >= 11 is 3.31. The number of hydrogen-bond acceptors (Lipinski definition) is 4. The molecule has 0 saturated carbocycles. The maximum Gasteiger partial charge on any atom is 0.230 e. The Morgan fingerprint density at radius 2 is 2.33 bits per heavy atom. The third kappa shape index (κ3) is 1.61. The van der Waals surface area contributed by atoms with Crippen molar-refractivity contribution in [2.45, 2.75) is 6.92 Å². The largest absolute Gasteiger partial charge is 0.480 e. The summed E-state index contributed by atoms with van der Waals surface area (Å²) in [6.45, 7) is 1.47. The number of ketones is 1. The van der Waals surface area contributed by atoms with E-state index in [1.54, 1.807) is 16.8 Å². The van der Waals surface area contributed by atoms with Crippen LogP contribution in [0.3, 0.4) is 0 Å². The molecule has 5 nitrogen and oxygen atoms in total. The van der Waals surface area contributed by atoms with Gasteiger partial charge in [0.1, 0.15) is 10.3 Å². The number of Topliss-reactive ketones (excluding diaryl/α,β-unsaturated/α-hetero) is 1. The molecule has 0 aliphatic rings. The standard InChI is InChI=1S/C9H8BrN3O2/c1-5(14)8-9(10)13-4-7(15-2)11-3-6(13)12-8/h3-4H,1-2H3. The van der Waals surface area contributed by atoms with Gasteiger partial charge in [-0.3, -0.25) is 9.20 Å². The number of carbonyl (C=O) groups is 1. The van der Waals surface area contributed by atoms with Gasteiger partial charge in [-0.25, -0.2) is 9.97 Å². The zero-order chi connectivity index (χ0) is 11.0. The molecule has 0 spiro atoms. The molecule has 0 unspecified atom stereocenters. The van der Waals surface area contributed by atoms with Crippen LogP contribution in [0.15, 0.2) is 17.0 Å². The van der Waals surface area contributed by atoms with Crippen LogP contribution in [0.4, 0.5) is 0 Å². The van der Waals surface area contributed by atoms with Crippen LogP contribution in [-0.4, -0.2) is 27.3 Å². The molecule has 0 atom stereocenters. The van der Waals surface area contributed by atoms with Crippen molar-refractivity contribution in [1.82, 2.24) is 14.4 Å². The molecule has 2 rings (SSSR count). The SMILES string of the molecule is COc1cn2c(Br)c(C(C)=O)nc2cn1. The van der Waals surface area contributed by atoms with Crippen LogP contribution in [0.25, 0.3) is 5.65 Å². The maximum absolute atomic E-state index is 11.2. The molecule has 2 aromatic heterocycles. The second-order valence-corrected chi connectivity index (χ2v) is 3.72. The van der Waals surface area contributed by atoms with Crippen molar-refractivity contribution >= 4 is 27.4 Å². The molecule has 0 aliphatic carbocycles. The van der Waals surface area contributed by atoms with E-state index >= 15 is 0 Å². The first-order valence-electron chi connectivity index (χ1n) is 4.22. The van der Waals surface area contributed by atoms with Crippen LogP contribution in [-0.2, 0) is 0 Å². The average molecular weight is 270 g/mol. The number of hydrogen-bond donors (Lipinski definition) is 0. The number of halogens is 1. The van der Waals surface area contributed by atoms with E-state index in [4.69, 9.17) is 4.74 Å². The molecule has 0 saturated heterocycles. The number of carbonyl (C=O) groups excluding carboxylic acids is 1. The van der Waals surface area contributed by atoms with Crippen LogP contribution in [0.1, 0.15) is 17.4 Å². The van der Waals surface area contributed by atoms with Gasteiger partial charge in [-0.1, -0.05) is 0 Å². The molecule has 0 amide bonds. The molecule has 0 N–H and O–H groups in total. The summed E-state index contributed by atoms with van der Waals surface area (Å²) in [5.74, 6) is 0.375. The zero-order valence-electron chi connectivity index (χ0n) is 8.19. The fourth-order valence-corrected chi connectivity index (χ4v) is 1.89. The lowest BCUT2D eigenvalue weighted by atomic mass is 10.3. The molecule has 2 aromatic rings. The number of rotatable bonds is 2. The Morgan fingerprint density at radius 3 is 2.93 bits per heavy atom. The summed E-state index contributed by atoms with van der Waals surface area (Å²) in [7, 11) is 1.53. The normalized spacial score (nSPS) is 10.6. The first-order valence-corrected chi connectivity index (χ1v) is 5.01. The van der Waals surface area contributed by atoms with Gasteiger partial charge in [-0.2, -0.15) is 0 Å². The molecular formula is C9H8BrN3O2. The van der Waals surface area contributed by atoms with E-state index in [1.807, 2.05) is 0 Å². The van der Waals surface area contributed by atoms with E-state index in [2.05, 4.69) is 25.9 Å². The van der Waals surface area contributed by atoms with Crippen LogP contribution in [0.5, 0.6) is 5.88 Å². The lowest BCUT2D eigenvalue weighted by Gasteiger charge is -1.99. The minimum Gasteiger partial charge on any atom is -0.480 e. The van der Waals surface area contributed by atoms with Gasteiger partial charge >= 0.3 is 0 Å². The summed E-state index contributed by atoms with van der Waals surface area (Å²) in [4.78, 5) is 19.4. The van der Waals surface area contributed by atoms with Gasteiger partial charge in [-0.15, -0.1) is 0 Å². The molecule has 0 radical (unpaired) electrons.